The Balaban J connectivity index is 1.46. The average molecular weight is 561 g/mol. The minimum Gasteiger partial charge on any atom is -0.497 e. The lowest BCUT2D eigenvalue weighted by Crippen LogP contribution is -2.15. The third kappa shape index (κ3) is 11.2. The number of nitrogens with one attached hydrogen (secondary N) is 1. The van der Waals surface area contributed by atoms with E-state index in [1.165, 1.54) is 17.7 Å². The molecule has 2 aromatic carbocycles. The summed E-state index contributed by atoms with van der Waals surface area (Å²) in [5.74, 6) is -1.37. The molecular weight excluding hydrogens is 524 g/mol. The summed E-state index contributed by atoms with van der Waals surface area (Å²) in [5.41, 5.74) is 2.60. The standard InChI is InChI=1S/C32H36N2O7/c1-40-26-14-12-23(13-15-26)9-6-4-2-3-5-7-20-41-29-18-16-28(34-27(29)17-19-30(35)36)32(39)33-25-11-8-10-24(21-25)22-31(37)38/h8,10-19,21H,2-7,9,20,22H2,1H3,(H,33,39)(H,35,36)(H,37,38). The van der Waals surface area contributed by atoms with Gasteiger partial charge < -0.3 is 25.0 Å². The van der Waals surface area contributed by atoms with Crippen LogP contribution < -0.4 is 14.8 Å². The first kappa shape index (κ1) is 30.9. The van der Waals surface area contributed by atoms with Gasteiger partial charge in [0.15, 0.2) is 0 Å². The topological polar surface area (TPSA) is 135 Å². The number of ether oxygens (including phenoxy) is 2. The molecule has 9 nitrogen and oxygen atoms in total. The normalized spacial score (nSPS) is 10.9. The van der Waals surface area contributed by atoms with Crippen molar-refractivity contribution < 1.29 is 34.1 Å². The minimum atomic E-state index is -1.14. The van der Waals surface area contributed by atoms with Crippen molar-refractivity contribution >= 4 is 29.6 Å². The number of hydrogen-bond donors (Lipinski definition) is 3. The van der Waals surface area contributed by atoms with Gasteiger partial charge in [-0.2, -0.15) is 0 Å². The Bertz CT molecular complexity index is 1340. The maximum atomic E-state index is 12.8. The number of aliphatic carboxylic acids is 2. The summed E-state index contributed by atoms with van der Waals surface area (Å²) < 4.78 is 11.1. The third-order valence-electron chi connectivity index (χ3n) is 6.32. The van der Waals surface area contributed by atoms with Crippen LogP contribution in [0.3, 0.4) is 0 Å². The van der Waals surface area contributed by atoms with E-state index in [0.717, 1.165) is 56.8 Å². The molecule has 0 aliphatic rings. The maximum absolute atomic E-state index is 12.8. The zero-order valence-corrected chi connectivity index (χ0v) is 23.2. The molecule has 3 rings (SSSR count). The molecular formula is C32H36N2O7. The van der Waals surface area contributed by atoms with E-state index in [1.54, 1.807) is 37.4 Å². The van der Waals surface area contributed by atoms with E-state index in [-0.39, 0.29) is 17.8 Å². The van der Waals surface area contributed by atoms with E-state index in [9.17, 15) is 14.4 Å². The quantitative estimate of drug-likeness (QED) is 0.135. The molecule has 0 spiro atoms. The number of amides is 1. The van der Waals surface area contributed by atoms with Crippen LogP contribution in [-0.4, -0.2) is 46.8 Å². The van der Waals surface area contributed by atoms with Gasteiger partial charge >= 0.3 is 11.9 Å². The van der Waals surface area contributed by atoms with Gasteiger partial charge in [0.05, 0.1) is 20.1 Å². The molecule has 0 aliphatic heterocycles. The number of benzene rings is 2. The van der Waals surface area contributed by atoms with Crippen molar-refractivity contribution in [1.82, 2.24) is 4.98 Å². The van der Waals surface area contributed by atoms with E-state index in [1.807, 2.05) is 12.1 Å². The first-order valence-electron chi connectivity index (χ1n) is 13.6. The largest absolute Gasteiger partial charge is 0.497 e. The second-order valence-electron chi connectivity index (χ2n) is 9.54. The fourth-order valence-corrected chi connectivity index (χ4v) is 4.22. The Hall–Kier alpha value is -4.66. The number of anilines is 1. The van der Waals surface area contributed by atoms with Crippen LogP contribution in [0, 0.1) is 0 Å². The number of aryl methyl sites for hydroxylation is 1. The van der Waals surface area contributed by atoms with Gasteiger partial charge in [0, 0.05) is 11.8 Å². The predicted molar refractivity (Wildman–Crippen MR) is 157 cm³/mol. The van der Waals surface area contributed by atoms with Crippen LogP contribution in [0.2, 0.25) is 0 Å². The highest BCUT2D eigenvalue weighted by molar-refractivity contribution is 6.03. The van der Waals surface area contributed by atoms with Crippen molar-refractivity contribution in [2.75, 3.05) is 19.0 Å². The molecule has 1 amide bonds. The van der Waals surface area contributed by atoms with Crippen molar-refractivity contribution in [3.63, 3.8) is 0 Å². The number of carbonyl (C=O) groups excluding carboxylic acids is 1. The summed E-state index contributed by atoms with van der Waals surface area (Å²) in [6.45, 7) is 0.448. The Morgan fingerprint density at radius 2 is 1.61 bits per heavy atom. The predicted octanol–water partition coefficient (Wildman–Crippen LogP) is 6.03. The molecule has 0 unspecified atom stereocenters. The zero-order valence-electron chi connectivity index (χ0n) is 23.2. The molecule has 3 aromatic rings. The highest BCUT2D eigenvalue weighted by atomic mass is 16.5. The molecule has 41 heavy (non-hydrogen) atoms. The SMILES string of the molecule is COc1ccc(CCCCCCCCOc2ccc(C(=O)Nc3cccc(CC(=O)O)c3)nc2C=CC(=O)O)cc1. The third-order valence-corrected chi connectivity index (χ3v) is 6.32. The Morgan fingerprint density at radius 1 is 0.878 bits per heavy atom. The monoisotopic (exact) mass is 560 g/mol. The van der Waals surface area contributed by atoms with E-state index < -0.39 is 17.8 Å². The molecule has 0 saturated carbocycles. The lowest BCUT2D eigenvalue weighted by atomic mass is 10.0. The molecule has 0 saturated heterocycles. The number of nitrogens with zero attached hydrogens (tertiary/aromatic N) is 1. The van der Waals surface area contributed by atoms with Crippen LogP contribution in [0.5, 0.6) is 11.5 Å². The van der Waals surface area contributed by atoms with Crippen LogP contribution >= 0.6 is 0 Å². The van der Waals surface area contributed by atoms with Gasteiger partial charge in [-0.15, -0.1) is 0 Å². The number of rotatable bonds is 17. The molecule has 216 valence electrons. The number of aromatic nitrogens is 1. The summed E-state index contributed by atoms with van der Waals surface area (Å²) >= 11 is 0. The maximum Gasteiger partial charge on any atom is 0.328 e. The smallest absolute Gasteiger partial charge is 0.328 e. The van der Waals surface area contributed by atoms with Crippen LogP contribution in [0.4, 0.5) is 5.69 Å². The minimum absolute atomic E-state index is 0.0701. The molecule has 9 heteroatoms. The molecule has 0 fully saturated rings. The number of carbonyl (C=O) groups is 3. The van der Waals surface area contributed by atoms with Crippen molar-refractivity contribution in [2.24, 2.45) is 0 Å². The first-order valence-corrected chi connectivity index (χ1v) is 13.6. The highest BCUT2D eigenvalue weighted by Crippen LogP contribution is 2.21. The number of hydrogen-bond acceptors (Lipinski definition) is 6. The summed E-state index contributed by atoms with van der Waals surface area (Å²) in [7, 11) is 1.67. The fraction of sp³-hybridized carbons (Fsp3) is 0.312. The molecule has 0 atom stereocenters. The number of carboxylic acid groups (broad SMARTS) is 2. The Kier molecular flexibility index (Phi) is 12.4. The van der Waals surface area contributed by atoms with Crippen molar-refractivity contribution in [1.29, 1.82) is 0 Å². The summed E-state index contributed by atoms with van der Waals surface area (Å²) in [4.78, 5) is 39.1. The van der Waals surface area contributed by atoms with Crippen LogP contribution in [0.15, 0.2) is 66.7 Å². The van der Waals surface area contributed by atoms with Crippen molar-refractivity contribution in [3.8, 4) is 11.5 Å². The summed E-state index contributed by atoms with van der Waals surface area (Å²) in [6, 6.07) is 17.8. The number of pyridine rings is 1. The van der Waals surface area contributed by atoms with Crippen LogP contribution in [-0.2, 0) is 22.4 Å². The molecule has 1 heterocycles. The second kappa shape index (κ2) is 16.4. The zero-order chi connectivity index (χ0) is 29.5. The van der Waals surface area contributed by atoms with Crippen LogP contribution in [0.25, 0.3) is 6.08 Å². The molecule has 1 aromatic heterocycles. The second-order valence-corrected chi connectivity index (χ2v) is 9.54. The Morgan fingerprint density at radius 3 is 2.32 bits per heavy atom. The van der Waals surface area contributed by atoms with Crippen LogP contribution in [0.1, 0.15) is 65.8 Å². The number of methoxy groups -OCH3 is 1. The lowest BCUT2D eigenvalue weighted by molar-refractivity contribution is -0.136. The lowest BCUT2D eigenvalue weighted by Gasteiger charge is -2.11. The van der Waals surface area contributed by atoms with Gasteiger partial charge in [-0.25, -0.2) is 9.78 Å². The van der Waals surface area contributed by atoms with Gasteiger partial charge in [-0.3, -0.25) is 9.59 Å². The van der Waals surface area contributed by atoms with Crippen molar-refractivity contribution in [2.45, 2.75) is 51.4 Å². The molecule has 0 aliphatic carbocycles. The Labute approximate surface area is 239 Å². The summed E-state index contributed by atoms with van der Waals surface area (Å²) in [5, 5.41) is 20.8. The number of unbranched alkanes of at least 4 members (excludes halogenated alkanes) is 5. The van der Waals surface area contributed by atoms with E-state index in [4.69, 9.17) is 19.7 Å². The molecule has 0 radical (unpaired) electrons. The van der Waals surface area contributed by atoms with Crippen molar-refractivity contribution in [3.05, 3.63) is 89.3 Å². The van der Waals surface area contributed by atoms with Gasteiger partial charge in [0.1, 0.15) is 22.9 Å². The van der Waals surface area contributed by atoms with E-state index in [2.05, 4.69) is 22.4 Å². The highest BCUT2D eigenvalue weighted by Gasteiger charge is 2.13. The van der Waals surface area contributed by atoms with E-state index in [0.29, 0.717) is 23.6 Å². The van der Waals surface area contributed by atoms with Gasteiger partial charge in [0.25, 0.3) is 5.91 Å². The number of carboxylic acids is 2. The van der Waals surface area contributed by atoms with E-state index >= 15 is 0 Å². The molecule has 0 bridgehead atoms. The van der Waals surface area contributed by atoms with Gasteiger partial charge in [-0.05, 0) is 72.9 Å². The first-order chi connectivity index (χ1) is 19.8. The summed E-state index contributed by atoms with van der Waals surface area (Å²) in [6.07, 6.45) is 9.53. The van der Waals surface area contributed by atoms with Gasteiger partial charge in [0.2, 0.25) is 0 Å². The fourth-order valence-electron chi connectivity index (χ4n) is 4.22. The average Bonchev–Trinajstić information content (AvgIpc) is 2.95. The molecule has 3 N–H and O–H groups in total. The van der Waals surface area contributed by atoms with Gasteiger partial charge in [-0.1, -0.05) is 49.9 Å².